The monoisotopic (exact) mass is 406 g/mol. The third-order valence-corrected chi connectivity index (χ3v) is 4.75. The van der Waals surface area contributed by atoms with Crippen LogP contribution in [-0.4, -0.2) is 26.6 Å². The minimum absolute atomic E-state index is 0.181. The van der Waals surface area contributed by atoms with Gasteiger partial charge in [-0.15, -0.1) is 0 Å². The van der Waals surface area contributed by atoms with Crippen molar-refractivity contribution in [1.29, 1.82) is 0 Å². The Bertz CT molecular complexity index is 1150. The van der Waals surface area contributed by atoms with E-state index in [4.69, 9.17) is 0 Å². The average molecular weight is 406 g/mol. The highest BCUT2D eigenvalue weighted by Gasteiger charge is 2.39. The number of aromatic nitrogens is 2. The summed E-state index contributed by atoms with van der Waals surface area (Å²) in [6.07, 6.45) is 1.16. The number of hydrogen-bond donors (Lipinski definition) is 1. The Morgan fingerprint density at radius 3 is 2.37 bits per heavy atom. The zero-order valence-electron chi connectivity index (χ0n) is 17.2. The van der Waals surface area contributed by atoms with Gasteiger partial charge in [0.15, 0.2) is 0 Å². The summed E-state index contributed by atoms with van der Waals surface area (Å²) in [5, 5.41) is 14.3. The molecule has 8 heteroatoms. The Kier molecular flexibility index (Phi) is 5.60. The number of nitro groups is 1. The van der Waals surface area contributed by atoms with Gasteiger partial charge < -0.3 is 5.32 Å². The lowest BCUT2D eigenvalue weighted by Crippen LogP contribution is -2.34. The van der Waals surface area contributed by atoms with Gasteiger partial charge in [0.25, 0.3) is 11.7 Å². The fourth-order valence-corrected chi connectivity index (χ4v) is 3.20. The van der Waals surface area contributed by atoms with Gasteiger partial charge in [-0.05, 0) is 35.6 Å². The fourth-order valence-electron chi connectivity index (χ4n) is 3.20. The van der Waals surface area contributed by atoms with E-state index in [2.05, 4.69) is 15.3 Å². The highest BCUT2D eigenvalue weighted by atomic mass is 16.6. The predicted octanol–water partition coefficient (Wildman–Crippen LogP) is 3.76. The molecule has 0 radical (unpaired) electrons. The van der Waals surface area contributed by atoms with E-state index in [0.717, 1.165) is 17.3 Å². The molecule has 1 aromatic heterocycles. The predicted molar refractivity (Wildman–Crippen MR) is 113 cm³/mol. The van der Waals surface area contributed by atoms with E-state index < -0.39 is 22.7 Å². The highest BCUT2D eigenvalue weighted by Crippen LogP contribution is 2.32. The molecule has 0 aliphatic heterocycles. The molecule has 0 unspecified atom stereocenters. The van der Waals surface area contributed by atoms with Crippen molar-refractivity contribution < 1.29 is 14.5 Å². The molecule has 3 aromatic rings. The van der Waals surface area contributed by atoms with E-state index in [1.54, 1.807) is 37.3 Å². The number of anilines is 1. The Balaban J connectivity index is 1.95. The smallest absolute Gasteiger partial charge is 0.319 e. The minimum atomic E-state index is -1.94. The molecule has 3 rings (SSSR count). The topological polar surface area (TPSA) is 115 Å². The number of ketones is 1. The highest BCUT2D eigenvalue weighted by molar-refractivity contribution is 6.42. The van der Waals surface area contributed by atoms with Crippen LogP contribution in [0.15, 0.2) is 48.7 Å². The van der Waals surface area contributed by atoms with Gasteiger partial charge in [0, 0.05) is 10.6 Å². The van der Waals surface area contributed by atoms with Crippen LogP contribution in [0.25, 0.3) is 11.0 Å². The van der Waals surface area contributed by atoms with E-state index in [9.17, 15) is 19.7 Å². The summed E-state index contributed by atoms with van der Waals surface area (Å²) in [7, 11) is 0. The number of nitrogens with zero attached hydrogens (tertiary/aromatic N) is 3. The summed E-state index contributed by atoms with van der Waals surface area (Å²) in [5.74, 6) is -2.26. The summed E-state index contributed by atoms with van der Waals surface area (Å²) < 4.78 is 0. The van der Waals surface area contributed by atoms with E-state index in [0.29, 0.717) is 16.7 Å². The van der Waals surface area contributed by atoms with Gasteiger partial charge in [0.1, 0.15) is 5.69 Å². The Labute approximate surface area is 173 Å². The van der Waals surface area contributed by atoms with Crippen LogP contribution in [0.2, 0.25) is 0 Å². The Hall–Kier alpha value is -3.68. The second-order valence-electron chi connectivity index (χ2n) is 8.04. The maximum absolute atomic E-state index is 12.8. The zero-order valence-corrected chi connectivity index (χ0v) is 17.2. The number of benzene rings is 2. The van der Waals surface area contributed by atoms with Gasteiger partial charge >= 0.3 is 6.04 Å². The molecule has 154 valence electrons. The summed E-state index contributed by atoms with van der Waals surface area (Å²) in [6.45, 7) is 7.73. The molecule has 1 amide bonds. The first-order chi connectivity index (χ1) is 14.1. The Morgan fingerprint density at radius 2 is 1.73 bits per heavy atom. The van der Waals surface area contributed by atoms with Crippen LogP contribution in [-0.2, 0) is 15.0 Å². The first-order valence-corrected chi connectivity index (χ1v) is 9.40. The number of hydrogen-bond acceptors (Lipinski definition) is 6. The SMILES string of the molecule is Cc1cccc(C(C)(C)C)c1NC(=O)C(=O)[C@H](c1cnc2ccccc2n1)[N+](=O)[O-]. The number of amides is 1. The lowest BCUT2D eigenvalue weighted by Gasteiger charge is -2.24. The average Bonchev–Trinajstić information content (AvgIpc) is 2.68. The molecule has 0 aliphatic carbocycles. The van der Waals surface area contributed by atoms with Crippen LogP contribution in [0, 0.1) is 17.0 Å². The molecule has 8 nitrogen and oxygen atoms in total. The number of fused-ring (bicyclic) bond motifs is 1. The minimum Gasteiger partial charge on any atom is -0.319 e. The van der Waals surface area contributed by atoms with Gasteiger partial charge in [-0.3, -0.25) is 24.7 Å². The molecule has 0 bridgehead atoms. The molecule has 1 heterocycles. The van der Waals surface area contributed by atoms with Gasteiger partial charge in [-0.2, -0.15) is 0 Å². The van der Waals surface area contributed by atoms with Crippen molar-refractivity contribution in [2.45, 2.75) is 39.2 Å². The van der Waals surface area contributed by atoms with E-state index >= 15 is 0 Å². The van der Waals surface area contributed by atoms with Crippen LogP contribution in [0.1, 0.15) is 43.6 Å². The van der Waals surface area contributed by atoms with Crippen LogP contribution >= 0.6 is 0 Å². The third-order valence-electron chi connectivity index (χ3n) is 4.75. The largest absolute Gasteiger partial charge is 0.322 e. The van der Waals surface area contributed by atoms with E-state index in [-0.39, 0.29) is 11.1 Å². The van der Waals surface area contributed by atoms with Crippen LogP contribution in [0.4, 0.5) is 5.69 Å². The maximum Gasteiger partial charge on any atom is 0.322 e. The van der Waals surface area contributed by atoms with E-state index in [1.165, 1.54) is 0 Å². The molecule has 30 heavy (non-hydrogen) atoms. The van der Waals surface area contributed by atoms with E-state index in [1.807, 2.05) is 32.9 Å². The van der Waals surface area contributed by atoms with Crippen molar-refractivity contribution in [2.24, 2.45) is 0 Å². The second kappa shape index (κ2) is 7.98. The quantitative estimate of drug-likeness (QED) is 0.392. The van der Waals surface area contributed by atoms with Gasteiger partial charge in [0.05, 0.1) is 17.2 Å². The second-order valence-corrected chi connectivity index (χ2v) is 8.04. The summed E-state index contributed by atoms with van der Waals surface area (Å²) in [5.41, 5.74) is 2.52. The molecular formula is C22H22N4O4. The lowest BCUT2D eigenvalue weighted by molar-refractivity contribution is -0.513. The van der Waals surface area contributed by atoms with Crippen molar-refractivity contribution in [3.05, 3.63) is 75.6 Å². The number of para-hydroxylation sites is 3. The van der Waals surface area contributed by atoms with Crippen LogP contribution in [0.5, 0.6) is 0 Å². The summed E-state index contributed by atoms with van der Waals surface area (Å²) in [4.78, 5) is 44.6. The number of Topliss-reactive ketones (excluding diaryl/α,β-unsaturated/α-hetero) is 1. The summed E-state index contributed by atoms with van der Waals surface area (Å²) in [6, 6.07) is 10.4. The molecule has 0 saturated heterocycles. The Morgan fingerprint density at radius 1 is 1.07 bits per heavy atom. The van der Waals surface area contributed by atoms with Crippen molar-refractivity contribution in [3.63, 3.8) is 0 Å². The van der Waals surface area contributed by atoms with Crippen LogP contribution in [0.3, 0.4) is 0 Å². The number of rotatable bonds is 5. The fraction of sp³-hybridized carbons (Fsp3) is 0.273. The third kappa shape index (κ3) is 4.17. The van der Waals surface area contributed by atoms with Gasteiger partial charge in [-0.25, -0.2) is 4.98 Å². The van der Waals surface area contributed by atoms with Gasteiger partial charge in [0.2, 0.25) is 0 Å². The van der Waals surface area contributed by atoms with Crippen molar-refractivity contribution in [3.8, 4) is 0 Å². The molecule has 0 fully saturated rings. The first-order valence-electron chi connectivity index (χ1n) is 9.40. The standard InChI is InChI=1S/C22H22N4O4/c1-13-8-7-9-14(22(2,3)4)18(13)25-21(28)20(27)19(26(29)30)17-12-23-15-10-5-6-11-16(15)24-17/h5-12,19H,1-4H3,(H,25,28)/t19-/m0/s1. The molecule has 0 spiro atoms. The van der Waals surface area contributed by atoms with Crippen molar-refractivity contribution >= 4 is 28.4 Å². The molecule has 1 atom stereocenters. The number of carbonyl (C=O) groups excluding carboxylic acids is 2. The summed E-state index contributed by atoms with van der Waals surface area (Å²) >= 11 is 0. The van der Waals surface area contributed by atoms with Crippen LogP contribution < -0.4 is 5.32 Å². The number of aryl methyl sites for hydroxylation is 1. The normalized spacial score (nSPS) is 12.4. The van der Waals surface area contributed by atoms with Crippen molar-refractivity contribution in [2.75, 3.05) is 5.32 Å². The molecule has 0 saturated carbocycles. The maximum atomic E-state index is 12.8. The molecule has 2 aromatic carbocycles. The molecule has 0 aliphatic rings. The lowest BCUT2D eigenvalue weighted by atomic mass is 9.84. The van der Waals surface area contributed by atoms with Crippen molar-refractivity contribution in [1.82, 2.24) is 9.97 Å². The molecule has 1 N–H and O–H groups in total. The number of carbonyl (C=O) groups is 2. The first kappa shape index (κ1) is 21.0. The molecular weight excluding hydrogens is 384 g/mol. The zero-order chi connectivity index (χ0) is 22.1. The van der Waals surface area contributed by atoms with Gasteiger partial charge in [-0.1, -0.05) is 51.1 Å². The number of nitrogens with one attached hydrogen (secondary N) is 1.